The fourth-order valence-electron chi connectivity index (χ4n) is 5.65. The molecule has 3 aliphatic rings. The summed E-state index contributed by atoms with van der Waals surface area (Å²) < 4.78 is 63.5. The van der Waals surface area contributed by atoms with E-state index in [0.717, 1.165) is 64.5 Å². The summed E-state index contributed by atoms with van der Waals surface area (Å²) in [6.45, 7) is 5.64. The SMILES string of the molecule is CN1CCC2(CN(c3ncccn3)CC23CCN(Cc2ccsc2)CC3)C1=O.O=C(O)C(F)(F)F.O=C(O)C(F)(F)F. The van der Waals surface area contributed by atoms with E-state index >= 15 is 0 Å². The van der Waals surface area contributed by atoms with Crippen molar-refractivity contribution in [3.05, 3.63) is 40.8 Å². The lowest BCUT2D eigenvalue weighted by atomic mass is 9.60. The number of aliphatic carboxylic acids is 2. The third kappa shape index (κ3) is 7.48. The molecule has 3 aliphatic heterocycles. The van der Waals surface area contributed by atoms with Gasteiger partial charge in [-0.15, -0.1) is 0 Å². The largest absolute Gasteiger partial charge is 0.490 e. The predicted octanol–water partition coefficient (Wildman–Crippen LogP) is 3.76. The number of carbonyl (C=O) groups excluding carboxylic acids is 1. The Morgan fingerprint density at radius 3 is 1.93 bits per heavy atom. The lowest BCUT2D eigenvalue weighted by molar-refractivity contribution is -0.193. The minimum Gasteiger partial charge on any atom is -0.475 e. The molecule has 1 atom stereocenters. The Kier molecular flexibility index (Phi) is 10.1. The highest BCUT2D eigenvalue weighted by Crippen LogP contribution is 2.58. The Labute approximate surface area is 240 Å². The molecule has 1 unspecified atom stereocenters. The molecule has 0 bridgehead atoms. The van der Waals surface area contributed by atoms with Crippen molar-refractivity contribution in [3.63, 3.8) is 0 Å². The van der Waals surface area contributed by atoms with Gasteiger partial charge in [-0.3, -0.25) is 9.69 Å². The zero-order valence-electron chi connectivity index (χ0n) is 22.4. The summed E-state index contributed by atoms with van der Waals surface area (Å²) in [4.78, 5) is 46.9. The summed E-state index contributed by atoms with van der Waals surface area (Å²) in [5.41, 5.74) is 1.15. The quantitative estimate of drug-likeness (QED) is 0.491. The maximum absolute atomic E-state index is 13.4. The summed E-state index contributed by atoms with van der Waals surface area (Å²) in [6, 6.07) is 4.07. The van der Waals surface area contributed by atoms with E-state index in [0.29, 0.717) is 5.91 Å². The van der Waals surface area contributed by atoms with Gasteiger partial charge >= 0.3 is 24.3 Å². The van der Waals surface area contributed by atoms with E-state index in [4.69, 9.17) is 19.8 Å². The van der Waals surface area contributed by atoms with E-state index in [1.165, 1.54) is 5.56 Å². The van der Waals surface area contributed by atoms with E-state index in [-0.39, 0.29) is 10.8 Å². The Balaban J connectivity index is 0.000000289. The number of nitrogens with zero attached hydrogens (tertiary/aromatic N) is 5. The highest BCUT2D eigenvalue weighted by molar-refractivity contribution is 7.07. The number of rotatable bonds is 3. The number of hydrogen-bond donors (Lipinski definition) is 2. The Hall–Kier alpha value is -3.47. The molecule has 0 aliphatic carbocycles. The number of carboxylic acids is 2. The molecule has 5 heterocycles. The van der Waals surface area contributed by atoms with Gasteiger partial charge in [0, 0.05) is 51.0 Å². The van der Waals surface area contributed by atoms with Crippen LogP contribution in [0.15, 0.2) is 35.3 Å². The molecule has 0 saturated carbocycles. The lowest BCUT2D eigenvalue weighted by Gasteiger charge is -2.46. The first-order valence-corrected chi connectivity index (χ1v) is 13.6. The van der Waals surface area contributed by atoms with Crippen LogP contribution in [0.4, 0.5) is 32.3 Å². The molecular weight excluding hydrogens is 596 g/mol. The topological polar surface area (TPSA) is 127 Å². The van der Waals surface area contributed by atoms with Crippen LogP contribution < -0.4 is 4.90 Å². The number of carboxylic acid groups (broad SMARTS) is 2. The van der Waals surface area contributed by atoms with Crippen molar-refractivity contribution in [2.75, 3.05) is 44.7 Å². The molecule has 10 nitrogen and oxygen atoms in total. The van der Waals surface area contributed by atoms with Gasteiger partial charge in [0.15, 0.2) is 0 Å². The van der Waals surface area contributed by atoms with Gasteiger partial charge in [-0.05, 0) is 60.8 Å². The Bertz CT molecular complexity index is 1200. The number of anilines is 1. The minimum atomic E-state index is -5.08. The summed E-state index contributed by atoms with van der Waals surface area (Å²) in [7, 11) is 1.96. The number of amides is 1. The number of carbonyl (C=O) groups is 3. The summed E-state index contributed by atoms with van der Waals surface area (Å²) >= 11 is 1.76. The standard InChI is InChI=1S/C21H27N5OS.2C2HF3O2/c1-24-9-6-21(18(24)27)16-26(19-22-7-2-8-23-19)15-20(21)4-10-25(11-5-20)13-17-3-12-28-14-17;2*3-2(4,5)1(6)7/h2-3,7-8,12,14H,4-6,9-11,13,15-16H2,1H3;2*(H,6,7). The summed E-state index contributed by atoms with van der Waals surface area (Å²) in [6.07, 6.45) is -3.48. The number of likely N-dealkylation sites (tertiary alicyclic amines) is 2. The average molecular weight is 626 g/mol. The molecule has 3 saturated heterocycles. The Morgan fingerprint density at radius 2 is 1.50 bits per heavy atom. The van der Waals surface area contributed by atoms with Gasteiger partial charge in [0.1, 0.15) is 0 Å². The van der Waals surface area contributed by atoms with E-state index in [9.17, 15) is 31.1 Å². The first-order valence-electron chi connectivity index (χ1n) is 12.6. The number of alkyl halides is 6. The van der Waals surface area contributed by atoms with Crippen LogP contribution >= 0.6 is 11.3 Å². The summed E-state index contributed by atoms with van der Waals surface area (Å²) in [5, 5.41) is 18.6. The van der Waals surface area contributed by atoms with E-state index in [2.05, 4.69) is 36.6 Å². The number of piperidine rings is 1. The molecule has 2 aromatic rings. The number of halogens is 6. The molecule has 42 heavy (non-hydrogen) atoms. The maximum Gasteiger partial charge on any atom is 0.490 e. The van der Waals surface area contributed by atoms with E-state index < -0.39 is 24.3 Å². The zero-order chi connectivity index (χ0) is 31.3. The van der Waals surface area contributed by atoms with E-state index in [1.807, 2.05) is 18.0 Å². The first kappa shape index (κ1) is 33.0. The van der Waals surface area contributed by atoms with Crippen molar-refractivity contribution in [1.82, 2.24) is 19.8 Å². The van der Waals surface area contributed by atoms with Gasteiger partial charge in [0.05, 0.1) is 5.41 Å². The molecule has 2 aromatic heterocycles. The molecule has 0 aromatic carbocycles. The fraction of sp³-hybridized carbons (Fsp3) is 0.560. The first-order chi connectivity index (χ1) is 19.5. The molecule has 2 N–H and O–H groups in total. The van der Waals surface area contributed by atoms with Crippen molar-refractivity contribution in [1.29, 1.82) is 0 Å². The van der Waals surface area contributed by atoms with Crippen LogP contribution in [0.1, 0.15) is 24.8 Å². The average Bonchev–Trinajstić information content (AvgIpc) is 3.62. The minimum absolute atomic E-state index is 0.0270. The van der Waals surface area contributed by atoms with Crippen molar-refractivity contribution >= 4 is 35.1 Å². The maximum atomic E-state index is 13.4. The Morgan fingerprint density at radius 1 is 0.952 bits per heavy atom. The van der Waals surface area contributed by atoms with Crippen LogP contribution in [0, 0.1) is 10.8 Å². The van der Waals surface area contributed by atoms with Crippen LogP contribution in [0.2, 0.25) is 0 Å². The molecule has 1 amide bonds. The number of aromatic nitrogens is 2. The van der Waals surface area contributed by atoms with Crippen LogP contribution in [0.25, 0.3) is 0 Å². The van der Waals surface area contributed by atoms with Crippen LogP contribution in [-0.4, -0.2) is 100.0 Å². The second kappa shape index (κ2) is 12.8. The van der Waals surface area contributed by atoms with Gasteiger partial charge in [-0.1, -0.05) is 0 Å². The molecule has 5 rings (SSSR count). The molecule has 0 radical (unpaired) electrons. The second-order valence-corrected chi connectivity index (χ2v) is 11.0. The van der Waals surface area contributed by atoms with Crippen LogP contribution in [-0.2, 0) is 20.9 Å². The van der Waals surface area contributed by atoms with Crippen LogP contribution in [0.5, 0.6) is 0 Å². The number of hydrogen-bond acceptors (Lipinski definition) is 8. The van der Waals surface area contributed by atoms with Crippen molar-refractivity contribution in [2.24, 2.45) is 10.8 Å². The molecular formula is C25H29F6N5O5S. The monoisotopic (exact) mass is 625 g/mol. The van der Waals surface area contributed by atoms with Crippen molar-refractivity contribution < 1.29 is 50.9 Å². The van der Waals surface area contributed by atoms with Gasteiger partial charge in [-0.25, -0.2) is 19.6 Å². The second-order valence-electron chi connectivity index (χ2n) is 10.3. The lowest BCUT2D eigenvalue weighted by Crippen LogP contribution is -2.52. The predicted molar refractivity (Wildman–Crippen MR) is 138 cm³/mol. The number of thiophene rings is 1. The highest BCUT2D eigenvalue weighted by atomic mass is 32.1. The van der Waals surface area contributed by atoms with Gasteiger partial charge < -0.3 is 20.0 Å². The molecule has 232 valence electrons. The van der Waals surface area contributed by atoms with Gasteiger partial charge in [0.2, 0.25) is 11.9 Å². The normalized spacial score (nSPS) is 22.0. The van der Waals surface area contributed by atoms with Gasteiger partial charge in [0.25, 0.3) is 0 Å². The molecule has 17 heteroatoms. The van der Waals surface area contributed by atoms with Crippen LogP contribution in [0.3, 0.4) is 0 Å². The summed E-state index contributed by atoms with van der Waals surface area (Å²) in [5.74, 6) is -4.42. The third-order valence-electron chi connectivity index (χ3n) is 7.72. The molecule has 2 spiro atoms. The smallest absolute Gasteiger partial charge is 0.475 e. The molecule has 3 fully saturated rings. The van der Waals surface area contributed by atoms with E-state index in [1.54, 1.807) is 23.7 Å². The third-order valence-corrected chi connectivity index (χ3v) is 8.45. The van der Waals surface area contributed by atoms with Crippen molar-refractivity contribution in [3.8, 4) is 0 Å². The van der Waals surface area contributed by atoms with Gasteiger partial charge in [-0.2, -0.15) is 37.7 Å². The zero-order valence-corrected chi connectivity index (χ0v) is 23.2. The fourth-order valence-corrected chi connectivity index (χ4v) is 6.31. The number of fused-ring (bicyclic) bond motifs is 1. The van der Waals surface area contributed by atoms with Crippen molar-refractivity contribution in [2.45, 2.75) is 38.2 Å². The highest BCUT2D eigenvalue weighted by Gasteiger charge is 2.65.